The molecule has 0 bridgehead atoms. The van der Waals surface area contributed by atoms with Gasteiger partial charge in [0.15, 0.2) is 0 Å². The molecule has 0 unspecified atom stereocenters. The van der Waals surface area contributed by atoms with Crippen molar-refractivity contribution in [2.45, 2.75) is 26.7 Å². The van der Waals surface area contributed by atoms with Crippen LogP contribution in [0.5, 0.6) is 0 Å². The van der Waals surface area contributed by atoms with Crippen LogP contribution in [0.25, 0.3) is 0 Å². The van der Waals surface area contributed by atoms with Crippen LogP contribution in [0.1, 0.15) is 26.7 Å². The monoisotopic (exact) mass is 141 g/mol. The Morgan fingerprint density at radius 3 is 2.60 bits per heavy atom. The van der Waals surface area contributed by atoms with Crippen molar-refractivity contribution in [1.82, 2.24) is 16.0 Å². The summed E-state index contributed by atoms with van der Waals surface area (Å²) in [6.45, 7) is 4.29. The topological polar surface area (TPSA) is 27.3 Å². The second-order valence-electron chi connectivity index (χ2n) is 2.61. The molecule has 10 heavy (non-hydrogen) atoms. The van der Waals surface area contributed by atoms with E-state index in [4.69, 9.17) is 0 Å². The summed E-state index contributed by atoms with van der Waals surface area (Å²) in [7, 11) is 2.00. The third-order valence-electron chi connectivity index (χ3n) is 1.81. The van der Waals surface area contributed by atoms with Crippen LogP contribution < -0.4 is 11.0 Å². The average molecular weight is 141 g/mol. The first kappa shape index (κ1) is 7.41. The van der Waals surface area contributed by atoms with Crippen LogP contribution in [0.3, 0.4) is 0 Å². The van der Waals surface area contributed by atoms with E-state index >= 15 is 0 Å². The lowest BCUT2D eigenvalue weighted by Gasteiger charge is -2.09. The highest BCUT2D eigenvalue weighted by Crippen LogP contribution is 2.12. The second kappa shape index (κ2) is 2.92. The van der Waals surface area contributed by atoms with Gasteiger partial charge in [-0.2, -0.15) is 0 Å². The second-order valence-corrected chi connectivity index (χ2v) is 2.61. The predicted molar refractivity (Wildman–Crippen MR) is 41.6 cm³/mol. The first-order chi connectivity index (χ1) is 4.75. The highest BCUT2D eigenvalue weighted by Gasteiger charge is 2.12. The number of nitrogens with one attached hydrogen (secondary N) is 2. The van der Waals surface area contributed by atoms with Crippen LogP contribution in [-0.2, 0) is 0 Å². The van der Waals surface area contributed by atoms with Gasteiger partial charge in [-0.25, -0.2) is 0 Å². The lowest BCUT2D eigenvalue weighted by molar-refractivity contribution is 0.305. The normalized spacial score (nSPS) is 18.1. The number of nitrogens with zero attached hydrogens (tertiary/aromatic N) is 1. The van der Waals surface area contributed by atoms with E-state index in [1.807, 2.05) is 12.1 Å². The SMILES string of the molecule is CCCC1=C(C)N(C)NN1. The zero-order valence-corrected chi connectivity index (χ0v) is 6.86. The smallest absolute Gasteiger partial charge is 0.0482 e. The molecule has 0 saturated heterocycles. The van der Waals surface area contributed by atoms with Gasteiger partial charge in [-0.1, -0.05) is 13.3 Å². The van der Waals surface area contributed by atoms with E-state index in [2.05, 4.69) is 24.8 Å². The van der Waals surface area contributed by atoms with Gasteiger partial charge in [0.05, 0.1) is 0 Å². The summed E-state index contributed by atoms with van der Waals surface area (Å²) in [5, 5.41) is 1.99. The molecule has 58 valence electrons. The number of allylic oxidation sites excluding steroid dienone is 2. The fourth-order valence-corrected chi connectivity index (χ4v) is 1.02. The maximum atomic E-state index is 3.11. The molecular formula is C7H15N3. The molecule has 1 aliphatic heterocycles. The third-order valence-corrected chi connectivity index (χ3v) is 1.81. The van der Waals surface area contributed by atoms with Gasteiger partial charge in [-0.15, -0.1) is 5.53 Å². The molecule has 0 aromatic rings. The van der Waals surface area contributed by atoms with Gasteiger partial charge >= 0.3 is 0 Å². The first-order valence-corrected chi connectivity index (χ1v) is 3.71. The Labute approximate surface area is 62.0 Å². The van der Waals surface area contributed by atoms with Crippen molar-refractivity contribution in [2.75, 3.05) is 7.05 Å². The summed E-state index contributed by atoms with van der Waals surface area (Å²) in [5.74, 6) is 0. The molecule has 2 N–H and O–H groups in total. The maximum absolute atomic E-state index is 3.11. The van der Waals surface area contributed by atoms with E-state index in [9.17, 15) is 0 Å². The van der Waals surface area contributed by atoms with E-state index in [0.29, 0.717) is 0 Å². The van der Waals surface area contributed by atoms with Crippen LogP contribution in [0.4, 0.5) is 0 Å². The van der Waals surface area contributed by atoms with Crippen LogP contribution in [0.2, 0.25) is 0 Å². The minimum atomic E-state index is 1.13. The largest absolute Gasteiger partial charge is 0.306 e. The summed E-state index contributed by atoms with van der Waals surface area (Å²) < 4.78 is 0. The molecule has 0 amide bonds. The van der Waals surface area contributed by atoms with E-state index in [1.165, 1.54) is 17.8 Å². The van der Waals surface area contributed by atoms with Gasteiger partial charge in [0, 0.05) is 18.4 Å². The van der Waals surface area contributed by atoms with Gasteiger partial charge in [-0.05, 0) is 13.3 Å². The van der Waals surface area contributed by atoms with Gasteiger partial charge in [0.25, 0.3) is 0 Å². The maximum Gasteiger partial charge on any atom is 0.0482 e. The number of hydrogen-bond acceptors (Lipinski definition) is 3. The summed E-state index contributed by atoms with van der Waals surface area (Å²) in [6, 6.07) is 0. The molecule has 0 aliphatic carbocycles. The highest BCUT2D eigenvalue weighted by atomic mass is 15.7. The summed E-state index contributed by atoms with van der Waals surface area (Å²) in [4.78, 5) is 0. The highest BCUT2D eigenvalue weighted by molar-refractivity contribution is 5.10. The summed E-state index contributed by atoms with van der Waals surface area (Å²) in [5.41, 5.74) is 8.73. The lowest BCUT2D eigenvalue weighted by Crippen LogP contribution is -2.34. The Balaban J connectivity index is 2.56. The van der Waals surface area contributed by atoms with Gasteiger partial charge in [0.2, 0.25) is 0 Å². The predicted octanol–water partition coefficient (Wildman–Crippen LogP) is 0.973. The molecule has 0 saturated carbocycles. The minimum absolute atomic E-state index is 1.13. The lowest BCUT2D eigenvalue weighted by atomic mass is 10.2. The Bertz CT molecular complexity index is 151. The Morgan fingerprint density at radius 2 is 2.20 bits per heavy atom. The molecule has 0 aromatic carbocycles. The molecule has 3 nitrogen and oxygen atoms in total. The molecule has 1 aliphatic rings. The molecule has 3 heteroatoms. The molecule has 0 radical (unpaired) electrons. The molecule has 0 spiro atoms. The number of rotatable bonds is 2. The zero-order chi connectivity index (χ0) is 7.56. The quantitative estimate of drug-likeness (QED) is 0.600. The van der Waals surface area contributed by atoms with Crippen molar-refractivity contribution >= 4 is 0 Å². The minimum Gasteiger partial charge on any atom is -0.306 e. The molecule has 0 atom stereocenters. The van der Waals surface area contributed by atoms with Crippen molar-refractivity contribution in [1.29, 1.82) is 0 Å². The summed E-state index contributed by atoms with van der Waals surface area (Å²) >= 11 is 0. The first-order valence-electron chi connectivity index (χ1n) is 3.71. The average Bonchev–Trinajstić information content (AvgIpc) is 2.20. The van der Waals surface area contributed by atoms with Crippen molar-refractivity contribution < 1.29 is 0 Å². The van der Waals surface area contributed by atoms with Crippen LogP contribution in [0, 0.1) is 0 Å². The zero-order valence-electron chi connectivity index (χ0n) is 6.86. The van der Waals surface area contributed by atoms with Crippen LogP contribution in [0.15, 0.2) is 11.4 Å². The van der Waals surface area contributed by atoms with Gasteiger partial charge in [0.1, 0.15) is 0 Å². The van der Waals surface area contributed by atoms with Crippen molar-refractivity contribution in [2.24, 2.45) is 0 Å². The van der Waals surface area contributed by atoms with E-state index in [-0.39, 0.29) is 0 Å². The van der Waals surface area contributed by atoms with E-state index in [1.54, 1.807) is 0 Å². The van der Waals surface area contributed by atoms with Crippen molar-refractivity contribution in [3.8, 4) is 0 Å². The van der Waals surface area contributed by atoms with Crippen LogP contribution in [-0.4, -0.2) is 12.1 Å². The van der Waals surface area contributed by atoms with Crippen molar-refractivity contribution in [3.63, 3.8) is 0 Å². The summed E-state index contributed by atoms with van der Waals surface area (Å²) in [6.07, 6.45) is 2.32. The number of hydrogen-bond donors (Lipinski definition) is 2. The standard InChI is InChI=1S/C7H15N3/c1-4-5-7-6(2)10(3)9-8-7/h8-9H,4-5H2,1-3H3. The molecule has 0 aromatic heterocycles. The van der Waals surface area contributed by atoms with Crippen LogP contribution >= 0.6 is 0 Å². The Morgan fingerprint density at radius 1 is 1.50 bits per heavy atom. The van der Waals surface area contributed by atoms with E-state index in [0.717, 1.165) is 6.42 Å². The van der Waals surface area contributed by atoms with Gasteiger partial charge in [-0.3, -0.25) is 5.01 Å². The molecular weight excluding hydrogens is 126 g/mol. The Kier molecular flexibility index (Phi) is 2.17. The number of hydrazine groups is 2. The van der Waals surface area contributed by atoms with E-state index < -0.39 is 0 Å². The van der Waals surface area contributed by atoms with Gasteiger partial charge < -0.3 is 5.43 Å². The third kappa shape index (κ3) is 1.24. The molecule has 1 rings (SSSR count). The molecule has 1 heterocycles. The van der Waals surface area contributed by atoms with Crippen molar-refractivity contribution in [3.05, 3.63) is 11.4 Å². The Hall–Kier alpha value is -0.700. The fourth-order valence-electron chi connectivity index (χ4n) is 1.02. The fraction of sp³-hybridized carbons (Fsp3) is 0.714. The molecule has 0 fully saturated rings.